The van der Waals surface area contributed by atoms with Gasteiger partial charge in [0.15, 0.2) is 0 Å². The van der Waals surface area contributed by atoms with Crippen molar-refractivity contribution in [2.45, 2.75) is 50.2 Å². The second-order valence-corrected chi connectivity index (χ2v) is 7.98. The number of likely N-dealkylation sites (tertiary alicyclic amines) is 1. The molecule has 3 atom stereocenters. The van der Waals surface area contributed by atoms with Crippen molar-refractivity contribution >= 4 is 5.91 Å². The van der Waals surface area contributed by atoms with Crippen LogP contribution < -0.4 is 5.73 Å². The highest BCUT2D eigenvalue weighted by molar-refractivity contribution is 5.79. The molecule has 0 unspecified atom stereocenters. The maximum Gasteiger partial charge on any atom is 0.225 e. The van der Waals surface area contributed by atoms with E-state index in [2.05, 4.69) is 40.5 Å². The summed E-state index contributed by atoms with van der Waals surface area (Å²) in [6.07, 6.45) is 3.29. The second kappa shape index (κ2) is 7.82. The van der Waals surface area contributed by atoms with Gasteiger partial charge in [0, 0.05) is 43.1 Å². The number of hydrogen-bond acceptors (Lipinski definition) is 4. The first-order valence-corrected chi connectivity index (χ1v) is 9.90. The SMILES string of the molecule is N[C@@H]1C[C@H](C(=O)N2CCC(c3cc(Cc4ccccc4)[nH]n3)CC2)C[C@H]1O. The summed E-state index contributed by atoms with van der Waals surface area (Å²) >= 11 is 0. The van der Waals surface area contributed by atoms with Crippen molar-refractivity contribution < 1.29 is 9.90 Å². The molecule has 1 aliphatic carbocycles. The van der Waals surface area contributed by atoms with Crippen molar-refractivity contribution in [2.24, 2.45) is 11.7 Å². The summed E-state index contributed by atoms with van der Waals surface area (Å²) in [5.74, 6) is 0.438. The highest BCUT2D eigenvalue weighted by atomic mass is 16.3. The predicted molar refractivity (Wildman–Crippen MR) is 103 cm³/mol. The number of aromatic nitrogens is 2. The molecule has 6 heteroatoms. The highest BCUT2D eigenvalue weighted by Crippen LogP contribution is 2.31. The molecule has 6 nitrogen and oxygen atoms in total. The van der Waals surface area contributed by atoms with Gasteiger partial charge in [-0.1, -0.05) is 30.3 Å². The van der Waals surface area contributed by atoms with Crippen molar-refractivity contribution in [3.63, 3.8) is 0 Å². The fourth-order valence-corrected chi connectivity index (χ4v) is 4.40. The Morgan fingerprint density at radius 1 is 1.22 bits per heavy atom. The molecule has 144 valence electrons. The monoisotopic (exact) mass is 368 g/mol. The minimum Gasteiger partial charge on any atom is -0.391 e. The molecule has 0 bridgehead atoms. The van der Waals surface area contributed by atoms with Crippen LogP contribution >= 0.6 is 0 Å². The molecule has 2 aliphatic rings. The number of H-pyrrole nitrogens is 1. The summed E-state index contributed by atoms with van der Waals surface area (Å²) in [4.78, 5) is 14.6. The van der Waals surface area contributed by atoms with Gasteiger partial charge in [0.05, 0.1) is 11.8 Å². The van der Waals surface area contributed by atoms with Crippen LogP contribution in [0.2, 0.25) is 0 Å². The maximum absolute atomic E-state index is 12.7. The summed E-state index contributed by atoms with van der Waals surface area (Å²) < 4.78 is 0. The molecule has 1 aromatic carbocycles. The van der Waals surface area contributed by atoms with E-state index in [4.69, 9.17) is 5.73 Å². The number of nitrogens with one attached hydrogen (secondary N) is 1. The summed E-state index contributed by atoms with van der Waals surface area (Å²) in [6.45, 7) is 1.51. The molecule has 1 aliphatic heterocycles. The summed E-state index contributed by atoms with van der Waals surface area (Å²) in [7, 11) is 0. The highest BCUT2D eigenvalue weighted by Gasteiger charge is 2.37. The molecule has 1 saturated heterocycles. The van der Waals surface area contributed by atoms with Crippen LogP contribution in [0.4, 0.5) is 0 Å². The third-order valence-electron chi connectivity index (χ3n) is 6.04. The zero-order chi connectivity index (χ0) is 18.8. The molecule has 1 saturated carbocycles. The Balaban J connectivity index is 1.31. The fraction of sp³-hybridized carbons (Fsp3) is 0.524. The zero-order valence-electron chi connectivity index (χ0n) is 15.6. The number of aliphatic hydroxyl groups is 1. The minimum absolute atomic E-state index is 0.116. The Hall–Kier alpha value is -2.18. The maximum atomic E-state index is 12.7. The largest absolute Gasteiger partial charge is 0.391 e. The Labute approximate surface area is 159 Å². The Bertz CT molecular complexity index is 757. The van der Waals surface area contributed by atoms with Gasteiger partial charge in [-0.25, -0.2) is 0 Å². The van der Waals surface area contributed by atoms with Crippen LogP contribution in [0.25, 0.3) is 0 Å². The normalized spacial score (nSPS) is 26.4. The molecule has 27 heavy (non-hydrogen) atoms. The van der Waals surface area contributed by atoms with E-state index in [1.165, 1.54) is 5.56 Å². The first kappa shape index (κ1) is 18.2. The van der Waals surface area contributed by atoms with Crippen LogP contribution in [0.5, 0.6) is 0 Å². The van der Waals surface area contributed by atoms with Crippen molar-refractivity contribution in [1.29, 1.82) is 0 Å². The van der Waals surface area contributed by atoms with Gasteiger partial charge in [-0.15, -0.1) is 0 Å². The third kappa shape index (κ3) is 4.06. The van der Waals surface area contributed by atoms with Crippen molar-refractivity contribution in [3.05, 3.63) is 53.3 Å². The van der Waals surface area contributed by atoms with Crippen LogP contribution in [0.15, 0.2) is 36.4 Å². The standard InChI is InChI=1S/C21H28N4O2/c22-18-11-16(12-20(18)26)21(27)25-8-6-15(7-9-25)19-13-17(23-24-19)10-14-4-2-1-3-5-14/h1-5,13,15-16,18,20,26H,6-12,22H2,(H,23,24)/t16-,18+,20+/m0/s1. The Kier molecular flexibility index (Phi) is 5.27. The van der Waals surface area contributed by atoms with Gasteiger partial charge >= 0.3 is 0 Å². The lowest BCUT2D eigenvalue weighted by atomic mass is 9.92. The summed E-state index contributed by atoms with van der Waals surface area (Å²) in [6, 6.07) is 12.3. The first-order chi connectivity index (χ1) is 13.1. The number of rotatable bonds is 4. The molecule has 4 rings (SSSR count). The van der Waals surface area contributed by atoms with Gasteiger partial charge in [-0.2, -0.15) is 5.10 Å². The van der Waals surface area contributed by atoms with E-state index < -0.39 is 6.10 Å². The average Bonchev–Trinajstić information content (AvgIpc) is 3.29. The van der Waals surface area contributed by atoms with Crippen molar-refractivity contribution in [1.82, 2.24) is 15.1 Å². The number of aromatic amines is 1. The van der Waals surface area contributed by atoms with Gasteiger partial charge in [0.1, 0.15) is 0 Å². The predicted octanol–water partition coefficient (Wildman–Crippen LogP) is 1.80. The first-order valence-electron chi connectivity index (χ1n) is 9.90. The van der Waals surface area contributed by atoms with E-state index in [-0.39, 0.29) is 17.9 Å². The van der Waals surface area contributed by atoms with Gasteiger partial charge in [0.25, 0.3) is 0 Å². The zero-order valence-corrected chi connectivity index (χ0v) is 15.6. The number of amides is 1. The average molecular weight is 368 g/mol. The van der Waals surface area contributed by atoms with Gasteiger partial charge in [-0.3, -0.25) is 9.89 Å². The quantitative estimate of drug-likeness (QED) is 0.767. The lowest BCUT2D eigenvalue weighted by Gasteiger charge is -2.33. The Morgan fingerprint density at radius 3 is 2.63 bits per heavy atom. The second-order valence-electron chi connectivity index (χ2n) is 7.98. The van der Waals surface area contributed by atoms with Gasteiger partial charge < -0.3 is 15.7 Å². The van der Waals surface area contributed by atoms with Gasteiger partial charge in [-0.05, 0) is 37.3 Å². The summed E-state index contributed by atoms with van der Waals surface area (Å²) in [5, 5.41) is 17.5. The number of piperidine rings is 1. The number of hydrogen-bond donors (Lipinski definition) is 3. The van der Waals surface area contributed by atoms with Crippen LogP contribution in [0, 0.1) is 5.92 Å². The number of carbonyl (C=O) groups is 1. The lowest BCUT2D eigenvalue weighted by molar-refractivity contribution is -0.136. The van der Waals surface area contributed by atoms with Crippen LogP contribution in [-0.2, 0) is 11.2 Å². The number of nitrogens with two attached hydrogens (primary N) is 1. The molecule has 1 amide bonds. The molecule has 2 heterocycles. The molecule has 1 aromatic heterocycles. The van der Waals surface area contributed by atoms with Crippen molar-refractivity contribution in [3.8, 4) is 0 Å². The topological polar surface area (TPSA) is 95.2 Å². The van der Waals surface area contributed by atoms with Crippen LogP contribution in [0.3, 0.4) is 0 Å². The molecule has 2 aromatic rings. The molecule has 0 radical (unpaired) electrons. The van der Waals surface area contributed by atoms with Crippen LogP contribution in [-0.4, -0.2) is 51.3 Å². The molecule has 0 spiro atoms. The van der Waals surface area contributed by atoms with E-state index in [1.54, 1.807) is 0 Å². The number of benzene rings is 1. The lowest BCUT2D eigenvalue weighted by Crippen LogP contribution is -2.41. The molecule has 2 fully saturated rings. The third-order valence-corrected chi connectivity index (χ3v) is 6.04. The Morgan fingerprint density at radius 2 is 1.96 bits per heavy atom. The molecular formula is C21H28N4O2. The molecule has 4 N–H and O–H groups in total. The van der Waals surface area contributed by atoms with Gasteiger partial charge in [0.2, 0.25) is 5.91 Å². The van der Waals surface area contributed by atoms with Crippen molar-refractivity contribution in [2.75, 3.05) is 13.1 Å². The number of aliphatic hydroxyl groups excluding tert-OH is 1. The number of nitrogens with zero attached hydrogens (tertiary/aromatic N) is 2. The van der Waals surface area contributed by atoms with E-state index in [0.717, 1.165) is 43.7 Å². The van der Waals surface area contributed by atoms with E-state index in [0.29, 0.717) is 18.8 Å². The van der Waals surface area contributed by atoms with Crippen LogP contribution in [0.1, 0.15) is 48.6 Å². The number of carbonyl (C=O) groups excluding carboxylic acids is 1. The minimum atomic E-state index is -0.538. The smallest absolute Gasteiger partial charge is 0.225 e. The van der Waals surface area contributed by atoms with E-state index >= 15 is 0 Å². The van der Waals surface area contributed by atoms with E-state index in [9.17, 15) is 9.90 Å². The fourth-order valence-electron chi connectivity index (χ4n) is 4.40. The molecular weight excluding hydrogens is 340 g/mol. The summed E-state index contributed by atoms with van der Waals surface area (Å²) in [5.41, 5.74) is 9.36. The van der Waals surface area contributed by atoms with E-state index in [1.807, 2.05) is 11.0 Å².